The Morgan fingerprint density at radius 2 is 2.07 bits per heavy atom. The van der Waals surface area contributed by atoms with E-state index in [1.165, 1.54) is 13.2 Å². The summed E-state index contributed by atoms with van der Waals surface area (Å²) < 4.78 is 12.4. The predicted octanol–water partition coefficient (Wildman–Crippen LogP) is 2.97. The quantitative estimate of drug-likeness (QED) is 0.412. The molecule has 2 aromatic heterocycles. The van der Waals surface area contributed by atoms with Crippen LogP contribution in [0.3, 0.4) is 0 Å². The number of para-hydroxylation sites is 2. The lowest BCUT2D eigenvalue weighted by molar-refractivity contribution is 0.0954. The molecule has 0 aliphatic carbocycles. The van der Waals surface area contributed by atoms with Gasteiger partial charge in [0.05, 0.1) is 30.0 Å². The lowest BCUT2D eigenvalue weighted by Gasteiger charge is -2.09. The summed E-state index contributed by atoms with van der Waals surface area (Å²) in [4.78, 5) is 28.8. The Morgan fingerprint density at radius 1 is 1.21 bits per heavy atom. The van der Waals surface area contributed by atoms with Gasteiger partial charge in [0, 0.05) is 30.6 Å². The van der Waals surface area contributed by atoms with Crippen molar-refractivity contribution in [1.82, 2.24) is 14.9 Å². The highest BCUT2D eigenvalue weighted by molar-refractivity contribution is 6.05. The van der Waals surface area contributed by atoms with Gasteiger partial charge in [0.1, 0.15) is 11.3 Å². The number of rotatable bonds is 6. The van der Waals surface area contributed by atoms with Crippen molar-refractivity contribution < 1.29 is 13.9 Å². The van der Waals surface area contributed by atoms with Crippen LogP contribution in [0, 0.1) is 0 Å². The Morgan fingerprint density at radius 3 is 2.93 bits per heavy atom. The zero-order chi connectivity index (χ0) is 19.5. The van der Waals surface area contributed by atoms with Crippen molar-refractivity contribution in [2.45, 2.75) is 13.0 Å². The molecule has 2 heterocycles. The van der Waals surface area contributed by atoms with Crippen LogP contribution in [0.4, 0.5) is 0 Å². The number of ether oxygens (including phenoxy) is 1. The number of benzene rings is 2. The molecule has 0 unspecified atom stereocenters. The number of methoxy groups -OCH3 is 1. The topological polar surface area (TPSA) is 86.4 Å². The first-order chi connectivity index (χ1) is 13.7. The monoisotopic (exact) mass is 377 g/mol. The van der Waals surface area contributed by atoms with E-state index in [0.29, 0.717) is 28.8 Å². The van der Waals surface area contributed by atoms with Crippen molar-refractivity contribution in [3.05, 3.63) is 70.8 Å². The number of fused-ring (bicyclic) bond motifs is 2. The first-order valence-electron chi connectivity index (χ1n) is 8.95. The molecule has 7 nitrogen and oxygen atoms in total. The molecule has 1 amide bonds. The Balaban J connectivity index is 1.44. The van der Waals surface area contributed by atoms with Crippen LogP contribution in [0.15, 0.2) is 64.1 Å². The molecular formula is C21H19N3O4. The molecule has 7 heteroatoms. The SMILES string of the molecule is COc1ccc2c(C(=O)NCCCn3cnc4ccccc43)cc(=O)oc2c1. The minimum absolute atomic E-state index is 0.294. The average molecular weight is 377 g/mol. The van der Waals surface area contributed by atoms with Gasteiger partial charge in [0.15, 0.2) is 0 Å². The van der Waals surface area contributed by atoms with Gasteiger partial charge in [0.25, 0.3) is 5.91 Å². The third-order valence-electron chi connectivity index (χ3n) is 4.59. The summed E-state index contributed by atoms with van der Waals surface area (Å²) in [6, 6.07) is 14.2. The van der Waals surface area contributed by atoms with E-state index in [9.17, 15) is 9.59 Å². The van der Waals surface area contributed by atoms with Gasteiger partial charge in [-0.25, -0.2) is 9.78 Å². The zero-order valence-corrected chi connectivity index (χ0v) is 15.3. The van der Waals surface area contributed by atoms with Crippen molar-refractivity contribution >= 4 is 27.9 Å². The first-order valence-corrected chi connectivity index (χ1v) is 8.95. The molecule has 0 saturated heterocycles. The number of hydrogen-bond acceptors (Lipinski definition) is 5. The van der Waals surface area contributed by atoms with Crippen LogP contribution >= 0.6 is 0 Å². The highest BCUT2D eigenvalue weighted by Gasteiger charge is 2.13. The second kappa shape index (κ2) is 7.56. The number of carbonyl (C=O) groups excluding carboxylic acids is 1. The number of amides is 1. The number of imidazole rings is 1. The third kappa shape index (κ3) is 3.46. The van der Waals surface area contributed by atoms with Crippen molar-refractivity contribution in [2.75, 3.05) is 13.7 Å². The molecule has 2 aromatic carbocycles. The van der Waals surface area contributed by atoms with Gasteiger partial charge in [-0.15, -0.1) is 0 Å². The summed E-state index contributed by atoms with van der Waals surface area (Å²) in [6.07, 6.45) is 2.54. The van der Waals surface area contributed by atoms with Crippen molar-refractivity contribution in [2.24, 2.45) is 0 Å². The number of hydrogen-bond donors (Lipinski definition) is 1. The summed E-state index contributed by atoms with van der Waals surface area (Å²) in [7, 11) is 1.53. The largest absolute Gasteiger partial charge is 0.497 e. The summed E-state index contributed by atoms with van der Waals surface area (Å²) >= 11 is 0. The lowest BCUT2D eigenvalue weighted by Crippen LogP contribution is -2.26. The van der Waals surface area contributed by atoms with Gasteiger partial charge in [-0.05, 0) is 30.7 Å². The second-order valence-electron chi connectivity index (χ2n) is 6.38. The fraction of sp³-hybridized carbons (Fsp3) is 0.190. The smallest absolute Gasteiger partial charge is 0.337 e. The molecule has 0 spiro atoms. The van der Waals surface area contributed by atoms with Gasteiger partial charge in [-0.1, -0.05) is 12.1 Å². The minimum Gasteiger partial charge on any atom is -0.497 e. The minimum atomic E-state index is -0.573. The molecule has 0 saturated carbocycles. The van der Waals surface area contributed by atoms with Crippen molar-refractivity contribution in [1.29, 1.82) is 0 Å². The van der Waals surface area contributed by atoms with E-state index in [1.807, 2.05) is 24.3 Å². The molecule has 142 valence electrons. The third-order valence-corrected chi connectivity index (χ3v) is 4.59. The highest BCUT2D eigenvalue weighted by Crippen LogP contribution is 2.22. The molecule has 0 atom stereocenters. The summed E-state index contributed by atoms with van der Waals surface area (Å²) in [5.41, 5.74) is 2.05. The highest BCUT2D eigenvalue weighted by atomic mass is 16.5. The predicted molar refractivity (Wildman–Crippen MR) is 106 cm³/mol. The van der Waals surface area contributed by atoms with E-state index < -0.39 is 5.63 Å². The first kappa shape index (κ1) is 17.8. The van der Waals surface area contributed by atoms with Gasteiger partial charge in [0.2, 0.25) is 0 Å². The van der Waals surface area contributed by atoms with Crippen LogP contribution in [0.1, 0.15) is 16.8 Å². The standard InChI is InChI=1S/C21H19N3O4/c1-27-14-7-8-15-16(12-20(25)28-19(15)11-14)21(26)22-9-4-10-24-13-23-17-5-2-3-6-18(17)24/h2-3,5-8,11-13H,4,9-10H2,1H3,(H,22,26). The Bertz CT molecular complexity index is 1210. The van der Waals surface area contributed by atoms with E-state index in [-0.39, 0.29) is 5.91 Å². The summed E-state index contributed by atoms with van der Waals surface area (Å²) in [5.74, 6) is 0.249. The lowest BCUT2D eigenvalue weighted by atomic mass is 10.1. The Labute approximate surface area is 160 Å². The molecular weight excluding hydrogens is 358 g/mol. The van der Waals surface area contributed by atoms with Crippen LogP contribution in [-0.2, 0) is 6.54 Å². The number of aryl methyl sites for hydroxylation is 1. The maximum atomic E-state index is 12.6. The molecule has 0 aliphatic heterocycles. The van der Waals surface area contributed by atoms with E-state index in [2.05, 4.69) is 14.9 Å². The van der Waals surface area contributed by atoms with Gasteiger partial charge >= 0.3 is 5.63 Å². The van der Waals surface area contributed by atoms with E-state index >= 15 is 0 Å². The zero-order valence-electron chi connectivity index (χ0n) is 15.3. The van der Waals surface area contributed by atoms with Gasteiger partial charge in [-0.2, -0.15) is 0 Å². The van der Waals surface area contributed by atoms with E-state index in [1.54, 1.807) is 24.5 Å². The van der Waals surface area contributed by atoms with Crippen LogP contribution in [0.5, 0.6) is 5.75 Å². The van der Waals surface area contributed by atoms with Crippen LogP contribution in [-0.4, -0.2) is 29.1 Å². The normalized spacial score (nSPS) is 11.0. The van der Waals surface area contributed by atoms with Crippen LogP contribution < -0.4 is 15.7 Å². The molecule has 0 bridgehead atoms. The Kier molecular flexibility index (Phi) is 4.80. The maximum absolute atomic E-state index is 12.6. The van der Waals surface area contributed by atoms with Gasteiger partial charge < -0.3 is 19.0 Å². The fourth-order valence-electron chi connectivity index (χ4n) is 3.19. The number of nitrogens with one attached hydrogen (secondary N) is 1. The number of nitrogens with zero attached hydrogens (tertiary/aromatic N) is 2. The number of carbonyl (C=O) groups is 1. The fourth-order valence-corrected chi connectivity index (χ4v) is 3.19. The maximum Gasteiger partial charge on any atom is 0.337 e. The number of aromatic nitrogens is 2. The van der Waals surface area contributed by atoms with E-state index in [4.69, 9.17) is 9.15 Å². The molecule has 0 radical (unpaired) electrons. The van der Waals surface area contributed by atoms with E-state index in [0.717, 1.165) is 24.0 Å². The molecule has 0 fully saturated rings. The van der Waals surface area contributed by atoms with Gasteiger partial charge in [-0.3, -0.25) is 4.79 Å². The molecule has 4 aromatic rings. The summed E-state index contributed by atoms with van der Waals surface area (Å²) in [5, 5.41) is 3.44. The molecule has 28 heavy (non-hydrogen) atoms. The molecule has 4 rings (SSSR count). The summed E-state index contributed by atoms with van der Waals surface area (Å²) in [6.45, 7) is 1.21. The average Bonchev–Trinajstić information content (AvgIpc) is 3.13. The molecule has 0 aliphatic rings. The molecule has 1 N–H and O–H groups in total. The second-order valence-corrected chi connectivity index (χ2v) is 6.38. The van der Waals surface area contributed by atoms with Crippen molar-refractivity contribution in [3.8, 4) is 5.75 Å². The van der Waals surface area contributed by atoms with Crippen molar-refractivity contribution in [3.63, 3.8) is 0 Å². The van der Waals surface area contributed by atoms with Crippen LogP contribution in [0.25, 0.3) is 22.0 Å². The Hall–Kier alpha value is -3.61. The van der Waals surface area contributed by atoms with Crippen LogP contribution in [0.2, 0.25) is 0 Å².